The van der Waals surface area contributed by atoms with E-state index in [1.165, 1.54) is 0 Å². The largest absolute Gasteiger partial charge is 0.494 e. The average Bonchev–Trinajstić information content (AvgIpc) is 3.01. The molecular formula is C17H19N5O. The van der Waals surface area contributed by atoms with Gasteiger partial charge >= 0.3 is 0 Å². The van der Waals surface area contributed by atoms with Gasteiger partial charge in [-0.15, -0.1) is 0 Å². The van der Waals surface area contributed by atoms with Gasteiger partial charge in [0.2, 0.25) is 5.95 Å². The molecular weight excluding hydrogens is 290 g/mol. The number of nitrogens with zero attached hydrogens (tertiary/aromatic N) is 4. The van der Waals surface area contributed by atoms with Gasteiger partial charge in [-0.1, -0.05) is 6.92 Å². The van der Waals surface area contributed by atoms with Crippen LogP contribution < -0.4 is 10.1 Å². The van der Waals surface area contributed by atoms with Gasteiger partial charge in [0.25, 0.3) is 0 Å². The molecule has 3 rings (SSSR count). The highest BCUT2D eigenvalue weighted by Crippen LogP contribution is 2.27. The summed E-state index contributed by atoms with van der Waals surface area (Å²) in [4.78, 5) is 12.9. The maximum atomic E-state index is 5.50. The summed E-state index contributed by atoms with van der Waals surface area (Å²) >= 11 is 0. The van der Waals surface area contributed by atoms with Crippen LogP contribution in [0.3, 0.4) is 0 Å². The van der Waals surface area contributed by atoms with Crippen LogP contribution >= 0.6 is 0 Å². The minimum absolute atomic E-state index is 0.581. The van der Waals surface area contributed by atoms with Crippen LogP contribution in [0.4, 0.5) is 11.6 Å². The van der Waals surface area contributed by atoms with Crippen LogP contribution in [-0.4, -0.2) is 26.6 Å². The van der Waals surface area contributed by atoms with Gasteiger partial charge in [0.1, 0.15) is 5.75 Å². The Kier molecular flexibility index (Phi) is 4.23. The molecule has 0 bridgehead atoms. The summed E-state index contributed by atoms with van der Waals surface area (Å²) in [6.07, 6.45) is 6.36. The SMILES string of the molecule is CCc1ccnc(Nc2ccc(-n3cnc(C)c3)c(OC)c2)n1. The van der Waals surface area contributed by atoms with Gasteiger partial charge in [-0.2, -0.15) is 0 Å². The summed E-state index contributed by atoms with van der Waals surface area (Å²) in [5, 5.41) is 3.21. The Morgan fingerprint density at radius 2 is 2.09 bits per heavy atom. The second-order valence-corrected chi connectivity index (χ2v) is 5.16. The van der Waals surface area contributed by atoms with Crippen molar-refractivity contribution in [2.75, 3.05) is 12.4 Å². The Bertz CT molecular complexity index is 812. The van der Waals surface area contributed by atoms with E-state index in [4.69, 9.17) is 4.74 Å². The molecule has 0 saturated carbocycles. The Labute approximate surface area is 135 Å². The maximum Gasteiger partial charge on any atom is 0.227 e. The summed E-state index contributed by atoms with van der Waals surface area (Å²) in [7, 11) is 1.65. The first-order valence-electron chi connectivity index (χ1n) is 7.47. The molecule has 0 aliphatic carbocycles. The average molecular weight is 309 g/mol. The van der Waals surface area contributed by atoms with Crippen LogP contribution in [-0.2, 0) is 6.42 Å². The zero-order valence-electron chi connectivity index (χ0n) is 13.4. The molecule has 1 aromatic carbocycles. The van der Waals surface area contributed by atoms with E-state index in [-0.39, 0.29) is 0 Å². The third kappa shape index (κ3) is 3.31. The monoisotopic (exact) mass is 309 g/mol. The predicted octanol–water partition coefficient (Wildman–Crippen LogP) is 3.29. The fourth-order valence-corrected chi connectivity index (χ4v) is 2.30. The van der Waals surface area contributed by atoms with Crippen molar-refractivity contribution in [2.24, 2.45) is 0 Å². The Hall–Kier alpha value is -2.89. The minimum Gasteiger partial charge on any atom is -0.494 e. The van der Waals surface area contributed by atoms with Crippen LogP contribution in [0.2, 0.25) is 0 Å². The first kappa shape index (κ1) is 15.0. The first-order valence-corrected chi connectivity index (χ1v) is 7.47. The van der Waals surface area contributed by atoms with E-state index in [1.807, 2.05) is 42.0 Å². The molecule has 2 aromatic heterocycles. The van der Waals surface area contributed by atoms with Crippen molar-refractivity contribution < 1.29 is 4.74 Å². The molecule has 6 heteroatoms. The number of aryl methyl sites for hydroxylation is 2. The summed E-state index contributed by atoms with van der Waals surface area (Å²) in [5.74, 6) is 1.33. The fourth-order valence-electron chi connectivity index (χ4n) is 2.30. The number of anilines is 2. The van der Waals surface area contributed by atoms with Crippen LogP contribution in [0.15, 0.2) is 43.0 Å². The lowest BCUT2D eigenvalue weighted by atomic mass is 10.2. The van der Waals surface area contributed by atoms with Crippen LogP contribution in [0.1, 0.15) is 18.3 Å². The molecule has 0 spiro atoms. The van der Waals surface area contributed by atoms with Crippen molar-refractivity contribution in [1.82, 2.24) is 19.5 Å². The molecule has 0 atom stereocenters. The lowest BCUT2D eigenvalue weighted by molar-refractivity contribution is 0.413. The van der Waals surface area contributed by atoms with Crippen LogP contribution in [0.5, 0.6) is 5.75 Å². The van der Waals surface area contributed by atoms with Crippen molar-refractivity contribution in [2.45, 2.75) is 20.3 Å². The van der Waals surface area contributed by atoms with E-state index in [1.54, 1.807) is 19.6 Å². The summed E-state index contributed by atoms with van der Waals surface area (Å²) in [6, 6.07) is 7.78. The number of benzene rings is 1. The highest BCUT2D eigenvalue weighted by molar-refractivity contribution is 5.61. The van der Waals surface area contributed by atoms with Crippen molar-refractivity contribution in [3.63, 3.8) is 0 Å². The number of hydrogen-bond donors (Lipinski definition) is 1. The number of hydrogen-bond acceptors (Lipinski definition) is 5. The second kappa shape index (κ2) is 6.48. The van der Waals surface area contributed by atoms with Gasteiger partial charge in [-0.25, -0.2) is 15.0 Å². The fraction of sp³-hybridized carbons (Fsp3) is 0.235. The molecule has 118 valence electrons. The minimum atomic E-state index is 0.581. The molecule has 0 unspecified atom stereocenters. The van der Waals surface area contributed by atoms with E-state index in [0.29, 0.717) is 5.95 Å². The molecule has 2 heterocycles. The van der Waals surface area contributed by atoms with Gasteiger partial charge in [-0.05, 0) is 31.5 Å². The molecule has 6 nitrogen and oxygen atoms in total. The predicted molar refractivity (Wildman–Crippen MR) is 89.5 cm³/mol. The van der Waals surface area contributed by atoms with Gasteiger partial charge in [0.15, 0.2) is 0 Å². The maximum absolute atomic E-state index is 5.50. The second-order valence-electron chi connectivity index (χ2n) is 5.16. The quantitative estimate of drug-likeness (QED) is 0.783. The smallest absolute Gasteiger partial charge is 0.227 e. The molecule has 3 aromatic rings. The van der Waals surface area contributed by atoms with Crippen LogP contribution in [0, 0.1) is 6.92 Å². The third-order valence-corrected chi connectivity index (χ3v) is 3.50. The molecule has 0 aliphatic heterocycles. The molecule has 0 amide bonds. The van der Waals surface area contributed by atoms with Crippen molar-refractivity contribution in [3.8, 4) is 11.4 Å². The van der Waals surface area contributed by atoms with Gasteiger partial charge in [-0.3, -0.25) is 0 Å². The molecule has 1 N–H and O–H groups in total. The van der Waals surface area contributed by atoms with E-state index in [0.717, 1.165) is 34.9 Å². The summed E-state index contributed by atoms with van der Waals surface area (Å²) < 4.78 is 7.44. The number of nitrogens with one attached hydrogen (secondary N) is 1. The molecule has 0 saturated heterocycles. The van der Waals surface area contributed by atoms with Gasteiger partial charge in [0.05, 0.1) is 24.8 Å². The number of rotatable bonds is 5. The van der Waals surface area contributed by atoms with Crippen molar-refractivity contribution >= 4 is 11.6 Å². The highest BCUT2D eigenvalue weighted by atomic mass is 16.5. The van der Waals surface area contributed by atoms with Gasteiger partial charge in [0, 0.05) is 29.8 Å². The summed E-state index contributed by atoms with van der Waals surface area (Å²) in [6.45, 7) is 4.02. The van der Waals surface area contributed by atoms with E-state index < -0.39 is 0 Å². The number of aromatic nitrogens is 4. The third-order valence-electron chi connectivity index (χ3n) is 3.50. The molecule has 0 aliphatic rings. The Balaban J connectivity index is 1.89. The van der Waals surface area contributed by atoms with Gasteiger partial charge < -0.3 is 14.6 Å². The molecule has 0 radical (unpaired) electrons. The van der Waals surface area contributed by atoms with E-state index >= 15 is 0 Å². The number of methoxy groups -OCH3 is 1. The zero-order valence-corrected chi connectivity index (χ0v) is 13.4. The van der Waals surface area contributed by atoms with E-state index in [2.05, 4.69) is 27.2 Å². The molecule has 0 fully saturated rings. The number of ether oxygens (including phenoxy) is 1. The highest BCUT2D eigenvalue weighted by Gasteiger charge is 2.08. The van der Waals surface area contributed by atoms with E-state index in [9.17, 15) is 0 Å². The van der Waals surface area contributed by atoms with Crippen molar-refractivity contribution in [3.05, 3.63) is 54.4 Å². The number of imidazole rings is 1. The normalized spacial score (nSPS) is 10.6. The lowest BCUT2D eigenvalue weighted by Gasteiger charge is -2.12. The molecule has 23 heavy (non-hydrogen) atoms. The Morgan fingerprint density at radius 3 is 2.78 bits per heavy atom. The summed E-state index contributed by atoms with van der Waals surface area (Å²) in [5.41, 5.74) is 3.76. The standard InChI is InChI=1S/C17H19N5O/c1-4-13-7-8-18-17(20-13)21-14-5-6-15(16(9-14)23-3)22-10-12(2)19-11-22/h5-11H,4H2,1-3H3,(H,18,20,21). The lowest BCUT2D eigenvalue weighted by Crippen LogP contribution is -2.01. The first-order chi connectivity index (χ1) is 11.2. The Morgan fingerprint density at radius 1 is 1.22 bits per heavy atom. The zero-order chi connectivity index (χ0) is 16.2. The van der Waals surface area contributed by atoms with Crippen molar-refractivity contribution in [1.29, 1.82) is 0 Å². The topological polar surface area (TPSA) is 64.9 Å². The van der Waals surface area contributed by atoms with Crippen LogP contribution in [0.25, 0.3) is 5.69 Å².